The number of phenolic OH excluding ortho intramolecular Hbond substituents is 2. The molecule has 2 N–H and O–H groups in total. The summed E-state index contributed by atoms with van der Waals surface area (Å²) in [5.74, 6) is 0.926. The second kappa shape index (κ2) is 4.78. The topological polar surface area (TPSA) is 49.7 Å². The maximum absolute atomic E-state index is 9.81. The van der Waals surface area contributed by atoms with Crippen LogP contribution in [0.5, 0.6) is 17.2 Å². The van der Waals surface area contributed by atoms with Crippen LogP contribution >= 0.6 is 0 Å². The van der Waals surface area contributed by atoms with Gasteiger partial charge >= 0.3 is 0 Å². The first-order valence-corrected chi connectivity index (χ1v) is 5.46. The van der Waals surface area contributed by atoms with Crippen molar-refractivity contribution < 1.29 is 14.9 Å². The molecule has 0 unspecified atom stereocenters. The molecule has 0 aliphatic heterocycles. The number of ether oxygens (including phenoxy) is 1. The average Bonchev–Trinajstić information content (AvgIpc) is 2.33. The lowest BCUT2D eigenvalue weighted by atomic mass is 10.0. The Morgan fingerprint density at radius 3 is 2.35 bits per heavy atom. The van der Waals surface area contributed by atoms with E-state index in [0.29, 0.717) is 23.5 Å². The van der Waals surface area contributed by atoms with Crippen molar-refractivity contribution in [3.05, 3.63) is 42.5 Å². The van der Waals surface area contributed by atoms with E-state index in [-0.39, 0.29) is 11.5 Å². The molecule has 0 aliphatic rings. The van der Waals surface area contributed by atoms with Crippen molar-refractivity contribution in [1.82, 2.24) is 0 Å². The van der Waals surface area contributed by atoms with Gasteiger partial charge < -0.3 is 14.9 Å². The summed E-state index contributed by atoms with van der Waals surface area (Å²) in [6.45, 7) is 2.46. The van der Waals surface area contributed by atoms with E-state index in [0.717, 1.165) is 0 Å². The second-order valence-electron chi connectivity index (χ2n) is 3.63. The molecule has 2 aromatic rings. The molecule has 0 saturated carbocycles. The highest BCUT2D eigenvalue weighted by atomic mass is 16.5. The minimum absolute atomic E-state index is 0.120. The van der Waals surface area contributed by atoms with Crippen LogP contribution in [-0.2, 0) is 0 Å². The van der Waals surface area contributed by atoms with Gasteiger partial charge in [-0.3, -0.25) is 0 Å². The lowest BCUT2D eigenvalue weighted by molar-refractivity contribution is 0.339. The molecule has 3 nitrogen and oxygen atoms in total. The van der Waals surface area contributed by atoms with Crippen molar-refractivity contribution in [2.24, 2.45) is 0 Å². The Labute approximate surface area is 99.9 Å². The fourth-order valence-electron chi connectivity index (χ4n) is 1.69. The molecule has 0 radical (unpaired) electrons. The molecular formula is C14H14O3. The quantitative estimate of drug-likeness (QED) is 0.851. The van der Waals surface area contributed by atoms with E-state index < -0.39 is 0 Å². The lowest BCUT2D eigenvalue weighted by Gasteiger charge is -2.09. The zero-order valence-corrected chi connectivity index (χ0v) is 9.55. The first-order chi connectivity index (χ1) is 8.22. The number of rotatable bonds is 3. The van der Waals surface area contributed by atoms with Crippen LogP contribution < -0.4 is 4.74 Å². The summed E-state index contributed by atoms with van der Waals surface area (Å²) in [7, 11) is 0. The van der Waals surface area contributed by atoms with Crippen molar-refractivity contribution in [3.63, 3.8) is 0 Å². The molecular weight excluding hydrogens is 216 g/mol. The van der Waals surface area contributed by atoms with Gasteiger partial charge in [0.25, 0.3) is 0 Å². The first-order valence-electron chi connectivity index (χ1n) is 5.46. The largest absolute Gasteiger partial charge is 0.507 e. The van der Waals surface area contributed by atoms with E-state index in [1.165, 1.54) is 0 Å². The molecule has 0 fully saturated rings. The predicted molar refractivity (Wildman–Crippen MR) is 66.4 cm³/mol. The van der Waals surface area contributed by atoms with Crippen molar-refractivity contribution in [3.8, 4) is 28.4 Å². The monoisotopic (exact) mass is 230 g/mol. The standard InChI is InChI=1S/C14H14O3/c1-2-17-10-7-8-14(16)12(9-10)11-5-3-4-6-13(11)15/h3-9,15-16H,2H2,1H3. The maximum atomic E-state index is 9.81. The summed E-state index contributed by atoms with van der Waals surface area (Å²) >= 11 is 0. The Morgan fingerprint density at radius 2 is 1.65 bits per heavy atom. The number of aromatic hydroxyl groups is 2. The van der Waals surface area contributed by atoms with E-state index >= 15 is 0 Å². The van der Waals surface area contributed by atoms with E-state index in [1.807, 2.05) is 13.0 Å². The Bertz CT molecular complexity index is 521. The highest BCUT2D eigenvalue weighted by Crippen LogP contribution is 2.37. The van der Waals surface area contributed by atoms with Gasteiger partial charge in [0.15, 0.2) is 0 Å². The lowest BCUT2D eigenvalue weighted by Crippen LogP contribution is -1.91. The van der Waals surface area contributed by atoms with Crippen molar-refractivity contribution >= 4 is 0 Å². The van der Waals surface area contributed by atoms with Gasteiger partial charge in [-0.25, -0.2) is 0 Å². The summed E-state index contributed by atoms with van der Waals surface area (Å²) in [4.78, 5) is 0. The summed E-state index contributed by atoms with van der Waals surface area (Å²) in [5.41, 5.74) is 1.15. The highest BCUT2D eigenvalue weighted by molar-refractivity contribution is 5.76. The maximum Gasteiger partial charge on any atom is 0.123 e. The molecule has 17 heavy (non-hydrogen) atoms. The van der Waals surface area contributed by atoms with Gasteiger partial charge in [0.1, 0.15) is 17.2 Å². The SMILES string of the molecule is CCOc1ccc(O)c(-c2ccccc2O)c1. The number of benzene rings is 2. The summed E-state index contributed by atoms with van der Waals surface area (Å²) < 4.78 is 5.37. The third-order valence-electron chi connectivity index (χ3n) is 2.47. The summed E-state index contributed by atoms with van der Waals surface area (Å²) in [5, 5.41) is 19.6. The van der Waals surface area contributed by atoms with Gasteiger partial charge in [0, 0.05) is 11.1 Å². The van der Waals surface area contributed by atoms with Crippen LogP contribution in [0.3, 0.4) is 0 Å². The number of phenols is 2. The van der Waals surface area contributed by atoms with Crippen LogP contribution in [0.2, 0.25) is 0 Å². The fourth-order valence-corrected chi connectivity index (χ4v) is 1.69. The second-order valence-corrected chi connectivity index (χ2v) is 3.63. The molecule has 2 rings (SSSR count). The van der Waals surface area contributed by atoms with Crippen molar-refractivity contribution in [2.75, 3.05) is 6.61 Å². The zero-order valence-electron chi connectivity index (χ0n) is 9.55. The van der Waals surface area contributed by atoms with Gasteiger partial charge in [-0.05, 0) is 31.2 Å². The van der Waals surface area contributed by atoms with Gasteiger partial charge in [-0.15, -0.1) is 0 Å². The van der Waals surface area contributed by atoms with Crippen LogP contribution in [0.15, 0.2) is 42.5 Å². The third-order valence-corrected chi connectivity index (χ3v) is 2.47. The van der Waals surface area contributed by atoms with E-state index in [9.17, 15) is 10.2 Å². The van der Waals surface area contributed by atoms with Crippen LogP contribution in [0, 0.1) is 0 Å². The normalized spacial score (nSPS) is 10.2. The van der Waals surface area contributed by atoms with Gasteiger partial charge in [0.2, 0.25) is 0 Å². The molecule has 0 aliphatic carbocycles. The summed E-state index contributed by atoms with van der Waals surface area (Å²) in [6.07, 6.45) is 0. The minimum Gasteiger partial charge on any atom is -0.507 e. The molecule has 88 valence electrons. The van der Waals surface area contributed by atoms with Gasteiger partial charge in [0.05, 0.1) is 6.61 Å². The molecule has 2 aromatic carbocycles. The van der Waals surface area contributed by atoms with E-state index in [1.54, 1.807) is 36.4 Å². The first kappa shape index (κ1) is 11.3. The van der Waals surface area contributed by atoms with Crippen LogP contribution in [-0.4, -0.2) is 16.8 Å². The molecule has 3 heteroatoms. The predicted octanol–water partition coefficient (Wildman–Crippen LogP) is 3.16. The Balaban J connectivity index is 2.51. The number of hydrogen-bond donors (Lipinski definition) is 2. The Morgan fingerprint density at radius 1 is 0.941 bits per heavy atom. The highest BCUT2D eigenvalue weighted by Gasteiger charge is 2.09. The van der Waals surface area contributed by atoms with E-state index in [4.69, 9.17) is 4.74 Å². The molecule has 0 heterocycles. The molecule has 0 spiro atoms. The summed E-state index contributed by atoms with van der Waals surface area (Å²) in [6, 6.07) is 11.9. The molecule has 0 amide bonds. The Hall–Kier alpha value is -2.16. The smallest absolute Gasteiger partial charge is 0.123 e. The van der Waals surface area contributed by atoms with Gasteiger partial charge in [-0.1, -0.05) is 18.2 Å². The van der Waals surface area contributed by atoms with Crippen LogP contribution in [0.4, 0.5) is 0 Å². The molecule has 0 saturated heterocycles. The number of para-hydroxylation sites is 1. The van der Waals surface area contributed by atoms with Crippen molar-refractivity contribution in [2.45, 2.75) is 6.92 Å². The van der Waals surface area contributed by atoms with Gasteiger partial charge in [-0.2, -0.15) is 0 Å². The van der Waals surface area contributed by atoms with Crippen LogP contribution in [0.1, 0.15) is 6.92 Å². The minimum atomic E-state index is 0.120. The molecule has 0 atom stereocenters. The van der Waals surface area contributed by atoms with E-state index in [2.05, 4.69) is 0 Å². The number of hydrogen-bond acceptors (Lipinski definition) is 3. The van der Waals surface area contributed by atoms with Crippen molar-refractivity contribution in [1.29, 1.82) is 0 Å². The zero-order chi connectivity index (χ0) is 12.3. The Kier molecular flexibility index (Phi) is 3.19. The molecule has 0 aromatic heterocycles. The third kappa shape index (κ3) is 2.33. The van der Waals surface area contributed by atoms with Crippen LogP contribution in [0.25, 0.3) is 11.1 Å². The molecule has 0 bridgehead atoms. The average molecular weight is 230 g/mol. The fraction of sp³-hybridized carbons (Fsp3) is 0.143.